The van der Waals surface area contributed by atoms with Crippen LogP contribution in [0.1, 0.15) is 25.7 Å². The molecule has 0 atom stereocenters. The number of nitrogens with one attached hydrogen (secondary N) is 2. The molecule has 0 fully saturated rings. The zero-order valence-corrected chi connectivity index (χ0v) is 11.1. The Bertz CT molecular complexity index is 293. The minimum atomic E-state index is -4.17. The van der Waals surface area contributed by atoms with E-state index in [0.717, 1.165) is 0 Å². The maximum Gasteiger partial charge on any atom is 0.390 e. The van der Waals surface area contributed by atoms with E-state index in [2.05, 4.69) is 20.4 Å². The van der Waals surface area contributed by atoms with Gasteiger partial charge in [0.1, 0.15) is 0 Å². The summed E-state index contributed by atoms with van der Waals surface area (Å²) in [4.78, 5) is 14.6. The Balaban J connectivity index is 3.64. The van der Waals surface area contributed by atoms with E-state index in [-0.39, 0.29) is 12.5 Å². The second-order valence-corrected chi connectivity index (χ2v) is 3.82. The third-order valence-electron chi connectivity index (χ3n) is 2.25. The topological polar surface area (TPSA) is 62.7 Å². The Morgan fingerprint density at radius 2 is 1.84 bits per heavy atom. The minimum Gasteiger partial charge on any atom is -0.469 e. The average Bonchev–Trinajstić information content (AvgIpc) is 2.34. The number of carbonyl (C=O) groups is 1. The monoisotopic (exact) mass is 283 g/mol. The molecule has 0 aliphatic heterocycles. The molecule has 0 aliphatic rings. The Hall–Kier alpha value is -1.47. The molecular formula is C11H20F3N3O2. The van der Waals surface area contributed by atoms with E-state index in [1.807, 2.05) is 0 Å². The molecule has 5 nitrogen and oxygen atoms in total. The first-order valence-electron chi connectivity index (χ1n) is 5.97. The summed E-state index contributed by atoms with van der Waals surface area (Å²) in [6.07, 6.45) is -3.39. The highest BCUT2D eigenvalue weighted by molar-refractivity contribution is 5.79. The number of unbranched alkanes of at least 4 members (excludes halogenated alkanes) is 1. The lowest BCUT2D eigenvalue weighted by atomic mass is 10.2. The molecular weight excluding hydrogens is 263 g/mol. The van der Waals surface area contributed by atoms with Crippen molar-refractivity contribution in [1.29, 1.82) is 0 Å². The highest BCUT2D eigenvalue weighted by atomic mass is 19.4. The van der Waals surface area contributed by atoms with Crippen LogP contribution in [0, 0.1) is 0 Å². The summed E-state index contributed by atoms with van der Waals surface area (Å²) < 4.78 is 40.3. The third kappa shape index (κ3) is 11.4. The third-order valence-corrected chi connectivity index (χ3v) is 2.25. The molecule has 2 N–H and O–H groups in total. The van der Waals surface area contributed by atoms with Crippen molar-refractivity contribution in [2.75, 3.05) is 27.2 Å². The summed E-state index contributed by atoms with van der Waals surface area (Å²) in [5.74, 6) is 0.0509. The molecule has 0 aromatic carbocycles. The molecule has 0 heterocycles. The maximum absolute atomic E-state index is 11.9. The first-order valence-corrected chi connectivity index (χ1v) is 5.97. The lowest BCUT2D eigenvalue weighted by Gasteiger charge is -2.12. The molecule has 112 valence electrons. The minimum absolute atomic E-state index is 0.217. The van der Waals surface area contributed by atoms with Crippen LogP contribution in [0.25, 0.3) is 0 Å². The van der Waals surface area contributed by atoms with Crippen LogP contribution < -0.4 is 10.6 Å². The van der Waals surface area contributed by atoms with Crippen molar-refractivity contribution < 1.29 is 22.7 Å². The van der Waals surface area contributed by atoms with Crippen LogP contribution in [0.5, 0.6) is 0 Å². The summed E-state index contributed by atoms with van der Waals surface area (Å²) in [5, 5.41) is 5.43. The van der Waals surface area contributed by atoms with Gasteiger partial charge in [-0.1, -0.05) is 0 Å². The highest BCUT2D eigenvalue weighted by Gasteiger charge is 2.26. The van der Waals surface area contributed by atoms with Gasteiger partial charge in [0.15, 0.2) is 5.96 Å². The molecule has 0 rings (SSSR count). The number of guanidine groups is 1. The van der Waals surface area contributed by atoms with Crippen molar-refractivity contribution in [3.63, 3.8) is 0 Å². The highest BCUT2D eigenvalue weighted by Crippen LogP contribution is 2.17. The molecule has 0 saturated carbocycles. The van der Waals surface area contributed by atoms with Crippen LogP contribution in [0.3, 0.4) is 0 Å². The molecule has 19 heavy (non-hydrogen) atoms. The summed E-state index contributed by atoms with van der Waals surface area (Å²) in [5.41, 5.74) is 0. The fourth-order valence-electron chi connectivity index (χ4n) is 1.25. The van der Waals surface area contributed by atoms with E-state index in [9.17, 15) is 18.0 Å². The lowest BCUT2D eigenvalue weighted by molar-refractivity contribution is -0.140. The number of esters is 1. The molecule has 0 aliphatic carbocycles. The molecule has 8 heteroatoms. The van der Waals surface area contributed by atoms with Crippen molar-refractivity contribution in [2.45, 2.75) is 31.9 Å². The van der Waals surface area contributed by atoms with Crippen LogP contribution in [-0.2, 0) is 9.53 Å². The summed E-state index contributed by atoms with van der Waals surface area (Å²) in [7, 11) is 2.81. The number of hydrogen-bond acceptors (Lipinski definition) is 3. The summed E-state index contributed by atoms with van der Waals surface area (Å²) in [6, 6.07) is 0. The van der Waals surface area contributed by atoms with E-state index < -0.39 is 12.6 Å². The molecule has 0 aromatic rings. The number of ether oxygens (including phenoxy) is 1. The van der Waals surface area contributed by atoms with Crippen LogP contribution in [0.15, 0.2) is 4.99 Å². The van der Waals surface area contributed by atoms with Crippen molar-refractivity contribution in [3.05, 3.63) is 0 Å². The van der Waals surface area contributed by atoms with Crippen LogP contribution >= 0.6 is 0 Å². The van der Waals surface area contributed by atoms with Crippen LogP contribution in [0.4, 0.5) is 13.2 Å². The Kier molecular flexibility index (Phi) is 8.73. The number of rotatable bonds is 7. The van der Waals surface area contributed by atoms with Gasteiger partial charge in [0, 0.05) is 26.6 Å². The predicted octanol–water partition coefficient (Wildman–Crippen LogP) is 1.45. The van der Waals surface area contributed by atoms with E-state index in [1.165, 1.54) is 14.2 Å². The van der Waals surface area contributed by atoms with Gasteiger partial charge >= 0.3 is 12.1 Å². The first kappa shape index (κ1) is 17.5. The number of nitrogens with zero attached hydrogens (tertiary/aromatic N) is 1. The lowest BCUT2D eigenvalue weighted by Crippen LogP contribution is -2.39. The number of hydrogen-bond donors (Lipinski definition) is 2. The van der Waals surface area contributed by atoms with Gasteiger partial charge < -0.3 is 15.4 Å². The van der Waals surface area contributed by atoms with Crippen LogP contribution in [-0.4, -0.2) is 45.4 Å². The summed E-state index contributed by atoms with van der Waals surface area (Å²) in [6.45, 7) is 0.314. The van der Waals surface area contributed by atoms with Gasteiger partial charge in [-0.05, 0) is 12.8 Å². The molecule has 0 spiro atoms. The van der Waals surface area contributed by atoms with E-state index in [0.29, 0.717) is 31.8 Å². The average molecular weight is 283 g/mol. The van der Waals surface area contributed by atoms with Gasteiger partial charge in [-0.25, -0.2) is 0 Å². The molecule has 0 radical (unpaired) electrons. The molecule has 0 amide bonds. The van der Waals surface area contributed by atoms with E-state index >= 15 is 0 Å². The largest absolute Gasteiger partial charge is 0.469 e. The second-order valence-electron chi connectivity index (χ2n) is 3.82. The SMILES string of the molecule is CN=C(NCCCCC(=O)OC)NCCC(F)(F)F. The van der Waals surface area contributed by atoms with Crippen molar-refractivity contribution >= 4 is 11.9 Å². The molecule has 0 aromatic heterocycles. The second kappa shape index (κ2) is 9.46. The first-order chi connectivity index (χ1) is 8.89. The molecule has 0 unspecified atom stereocenters. The van der Waals surface area contributed by atoms with Crippen molar-refractivity contribution in [3.8, 4) is 0 Å². The number of halogens is 3. The van der Waals surface area contributed by atoms with Gasteiger partial charge in [0.2, 0.25) is 0 Å². The predicted molar refractivity (Wildman–Crippen MR) is 65.9 cm³/mol. The van der Waals surface area contributed by atoms with Gasteiger partial charge in [-0.15, -0.1) is 0 Å². The fraction of sp³-hybridized carbons (Fsp3) is 0.818. The zero-order chi connectivity index (χ0) is 14.7. The smallest absolute Gasteiger partial charge is 0.390 e. The normalized spacial score (nSPS) is 12.2. The number of aliphatic imine (C=N–C) groups is 1. The zero-order valence-electron chi connectivity index (χ0n) is 11.1. The van der Waals surface area contributed by atoms with Gasteiger partial charge in [0.25, 0.3) is 0 Å². The standard InChI is InChI=1S/C11H20F3N3O2/c1-15-10(17-8-6-11(12,13)14)16-7-4-3-5-9(18)19-2/h3-8H2,1-2H3,(H2,15,16,17). The Morgan fingerprint density at radius 3 is 2.37 bits per heavy atom. The Labute approximate surface area is 110 Å². The number of carbonyl (C=O) groups excluding carboxylic acids is 1. The number of methoxy groups -OCH3 is 1. The quantitative estimate of drug-likeness (QED) is 0.321. The van der Waals surface area contributed by atoms with Crippen molar-refractivity contribution in [1.82, 2.24) is 10.6 Å². The Morgan fingerprint density at radius 1 is 1.21 bits per heavy atom. The fourth-order valence-corrected chi connectivity index (χ4v) is 1.25. The van der Waals surface area contributed by atoms with Gasteiger partial charge in [-0.2, -0.15) is 13.2 Å². The van der Waals surface area contributed by atoms with E-state index in [1.54, 1.807) is 0 Å². The number of alkyl halides is 3. The molecule has 0 saturated heterocycles. The maximum atomic E-state index is 11.9. The summed E-state index contributed by atoms with van der Waals surface area (Å²) >= 11 is 0. The van der Waals surface area contributed by atoms with Crippen molar-refractivity contribution in [2.24, 2.45) is 4.99 Å². The van der Waals surface area contributed by atoms with Crippen LogP contribution in [0.2, 0.25) is 0 Å². The van der Waals surface area contributed by atoms with Gasteiger partial charge in [-0.3, -0.25) is 9.79 Å². The van der Waals surface area contributed by atoms with E-state index in [4.69, 9.17) is 0 Å². The van der Waals surface area contributed by atoms with Gasteiger partial charge in [0.05, 0.1) is 13.5 Å². The molecule has 0 bridgehead atoms.